The summed E-state index contributed by atoms with van der Waals surface area (Å²) in [6.45, 7) is 1.63. The van der Waals surface area contributed by atoms with Gasteiger partial charge in [0.25, 0.3) is 0 Å². The molecule has 1 heterocycles. The maximum Gasteiger partial charge on any atom is 0.240 e. The van der Waals surface area contributed by atoms with E-state index >= 15 is 0 Å². The zero-order valence-electron chi connectivity index (χ0n) is 10.6. The quantitative estimate of drug-likeness (QED) is 0.858. The van der Waals surface area contributed by atoms with Gasteiger partial charge >= 0.3 is 0 Å². The van der Waals surface area contributed by atoms with E-state index in [1.807, 2.05) is 12.1 Å². The van der Waals surface area contributed by atoms with Crippen LogP contribution in [0.1, 0.15) is 6.92 Å². The minimum Gasteiger partial charge on any atom is -0.325 e. The van der Waals surface area contributed by atoms with E-state index in [9.17, 15) is 4.79 Å². The van der Waals surface area contributed by atoms with E-state index in [1.54, 1.807) is 30.8 Å². The normalized spacial score (nSPS) is 11.5. The topological polar surface area (TPSA) is 98.7 Å². The van der Waals surface area contributed by atoms with Crippen LogP contribution in [-0.2, 0) is 11.8 Å². The molecule has 0 spiro atoms. The number of nitrogens with zero attached hydrogens (tertiary/aromatic N) is 4. The van der Waals surface area contributed by atoms with E-state index in [1.165, 1.54) is 0 Å². The van der Waals surface area contributed by atoms with Crippen LogP contribution in [-0.4, -0.2) is 32.2 Å². The van der Waals surface area contributed by atoms with Crippen LogP contribution in [0.15, 0.2) is 24.3 Å². The molecule has 1 aromatic carbocycles. The predicted octanol–water partition coefficient (Wildman–Crippen LogP) is 0.585. The van der Waals surface area contributed by atoms with Crippen LogP contribution in [0.2, 0.25) is 0 Å². The summed E-state index contributed by atoms with van der Waals surface area (Å²) in [7, 11) is 1.75. The molecular formula is C11H15ClN6O. The third-order valence-corrected chi connectivity index (χ3v) is 2.42. The molecule has 0 bridgehead atoms. The molecule has 0 radical (unpaired) electrons. The largest absolute Gasteiger partial charge is 0.325 e. The fraction of sp³-hybridized carbons (Fsp3) is 0.273. The average molecular weight is 283 g/mol. The number of nitrogens with one attached hydrogen (secondary N) is 1. The molecule has 1 amide bonds. The van der Waals surface area contributed by atoms with E-state index in [-0.39, 0.29) is 18.3 Å². The number of amides is 1. The number of carbonyl (C=O) groups is 1. The number of aromatic nitrogens is 4. The van der Waals surface area contributed by atoms with Crippen LogP contribution in [0.3, 0.4) is 0 Å². The van der Waals surface area contributed by atoms with Gasteiger partial charge in [0.1, 0.15) is 0 Å². The maximum atomic E-state index is 11.5. The first-order valence-electron chi connectivity index (χ1n) is 5.47. The SMILES string of the molecule is CC(N)C(=O)Nc1cccc(-c2nnnn2C)c1.Cl. The number of anilines is 1. The van der Waals surface area contributed by atoms with Gasteiger partial charge in [-0.1, -0.05) is 12.1 Å². The third kappa shape index (κ3) is 3.49. The third-order valence-electron chi connectivity index (χ3n) is 2.42. The maximum absolute atomic E-state index is 11.5. The predicted molar refractivity (Wildman–Crippen MR) is 73.8 cm³/mol. The molecule has 3 N–H and O–H groups in total. The van der Waals surface area contributed by atoms with Gasteiger partial charge < -0.3 is 11.1 Å². The van der Waals surface area contributed by atoms with Gasteiger partial charge in [0.2, 0.25) is 5.91 Å². The Morgan fingerprint density at radius 3 is 2.79 bits per heavy atom. The molecular weight excluding hydrogens is 268 g/mol. The van der Waals surface area contributed by atoms with Crippen molar-refractivity contribution in [2.45, 2.75) is 13.0 Å². The Bertz CT molecular complexity index is 568. The number of tetrazole rings is 1. The summed E-state index contributed by atoms with van der Waals surface area (Å²) in [6.07, 6.45) is 0. The van der Waals surface area contributed by atoms with E-state index in [0.717, 1.165) is 5.56 Å². The van der Waals surface area contributed by atoms with Crippen molar-refractivity contribution in [3.05, 3.63) is 24.3 Å². The molecule has 0 saturated carbocycles. The summed E-state index contributed by atoms with van der Waals surface area (Å²) in [6, 6.07) is 6.72. The lowest BCUT2D eigenvalue weighted by molar-refractivity contribution is -0.117. The van der Waals surface area contributed by atoms with Gasteiger partial charge in [-0.05, 0) is 29.5 Å². The molecule has 0 saturated heterocycles. The first-order chi connectivity index (χ1) is 8.58. The van der Waals surface area contributed by atoms with Gasteiger partial charge in [-0.15, -0.1) is 17.5 Å². The van der Waals surface area contributed by atoms with E-state index < -0.39 is 6.04 Å². The van der Waals surface area contributed by atoms with Crippen molar-refractivity contribution in [1.29, 1.82) is 0 Å². The molecule has 0 fully saturated rings. The number of benzene rings is 1. The summed E-state index contributed by atoms with van der Waals surface area (Å²) < 4.78 is 1.56. The average Bonchev–Trinajstić information content (AvgIpc) is 2.75. The molecule has 0 aliphatic heterocycles. The summed E-state index contributed by atoms with van der Waals surface area (Å²) in [5, 5.41) is 14.0. The van der Waals surface area contributed by atoms with E-state index in [2.05, 4.69) is 20.8 Å². The highest BCUT2D eigenvalue weighted by Crippen LogP contribution is 2.19. The smallest absolute Gasteiger partial charge is 0.240 e. The molecule has 8 heteroatoms. The highest BCUT2D eigenvalue weighted by molar-refractivity contribution is 5.94. The number of hydrogen-bond donors (Lipinski definition) is 2. The molecule has 1 atom stereocenters. The number of hydrogen-bond acceptors (Lipinski definition) is 5. The molecule has 19 heavy (non-hydrogen) atoms. The summed E-state index contributed by atoms with van der Waals surface area (Å²) in [4.78, 5) is 11.5. The van der Waals surface area contributed by atoms with E-state index in [4.69, 9.17) is 5.73 Å². The standard InChI is InChI=1S/C11H14N6O.ClH/c1-7(12)11(18)13-9-5-3-4-8(6-9)10-14-15-16-17(10)2;/h3-7H,12H2,1-2H3,(H,13,18);1H. The van der Waals surface area contributed by atoms with Gasteiger partial charge in [0, 0.05) is 18.3 Å². The van der Waals surface area contributed by atoms with Crippen molar-refractivity contribution in [2.24, 2.45) is 12.8 Å². The van der Waals surface area contributed by atoms with Gasteiger partial charge in [-0.3, -0.25) is 4.79 Å². The molecule has 7 nitrogen and oxygen atoms in total. The molecule has 102 valence electrons. The van der Waals surface area contributed by atoms with Crippen LogP contribution >= 0.6 is 12.4 Å². The zero-order valence-corrected chi connectivity index (χ0v) is 11.4. The van der Waals surface area contributed by atoms with Crippen LogP contribution < -0.4 is 11.1 Å². The second-order valence-electron chi connectivity index (χ2n) is 3.98. The first-order valence-corrected chi connectivity index (χ1v) is 5.47. The Hall–Kier alpha value is -1.99. The molecule has 1 unspecified atom stereocenters. The Morgan fingerprint density at radius 1 is 1.47 bits per heavy atom. The Morgan fingerprint density at radius 2 is 2.21 bits per heavy atom. The Balaban J connectivity index is 0.00000180. The van der Waals surface area contributed by atoms with Crippen molar-refractivity contribution in [3.8, 4) is 11.4 Å². The van der Waals surface area contributed by atoms with Gasteiger partial charge in [0.05, 0.1) is 6.04 Å². The zero-order chi connectivity index (χ0) is 13.1. The van der Waals surface area contributed by atoms with Gasteiger partial charge in [0.15, 0.2) is 5.82 Å². The highest BCUT2D eigenvalue weighted by atomic mass is 35.5. The number of nitrogens with two attached hydrogens (primary N) is 1. The lowest BCUT2D eigenvalue weighted by atomic mass is 10.2. The van der Waals surface area contributed by atoms with Crippen LogP contribution in [0, 0.1) is 0 Å². The minimum atomic E-state index is -0.551. The number of aryl methyl sites for hydroxylation is 1. The lowest BCUT2D eigenvalue weighted by Crippen LogP contribution is -2.32. The molecule has 2 aromatic rings. The fourth-order valence-electron chi connectivity index (χ4n) is 1.47. The highest BCUT2D eigenvalue weighted by Gasteiger charge is 2.10. The summed E-state index contributed by atoms with van der Waals surface area (Å²) in [5.41, 5.74) is 6.98. The van der Waals surface area contributed by atoms with Gasteiger partial charge in [-0.25, -0.2) is 4.68 Å². The van der Waals surface area contributed by atoms with Crippen LogP contribution in [0.4, 0.5) is 5.69 Å². The van der Waals surface area contributed by atoms with E-state index in [0.29, 0.717) is 11.5 Å². The van der Waals surface area contributed by atoms with Crippen LogP contribution in [0.5, 0.6) is 0 Å². The lowest BCUT2D eigenvalue weighted by Gasteiger charge is -2.08. The number of rotatable bonds is 3. The Labute approximate surface area is 116 Å². The molecule has 2 rings (SSSR count). The van der Waals surface area contributed by atoms with Crippen LogP contribution in [0.25, 0.3) is 11.4 Å². The van der Waals surface area contributed by atoms with Crippen molar-refractivity contribution in [2.75, 3.05) is 5.32 Å². The minimum absolute atomic E-state index is 0. The second kappa shape index (κ2) is 6.26. The molecule has 0 aliphatic rings. The molecule has 1 aromatic heterocycles. The van der Waals surface area contributed by atoms with Crippen molar-refractivity contribution >= 4 is 24.0 Å². The monoisotopic (exact) mass is 282 g/mol. The molecule has 0 aliphatic carbocycles. The summed E-state index contributed by atoms with van der Waals surface area (Å²) in [5.74, 6) is 0.398. The van der Waals surface area contributed by atoms with Crippen molar-refractivity contribution < 1.29 is 4.79 Å². The van der Waals surface area contributed by atoms with Crippen molar-refractivity contribution in [3.63, 3.8) is 0 Å². The summed E-state index contributed by atoms with van der Waals surface area (Å²) >= 11 is 0. The van der Waals surface area contributed by atoms with Crippen molar-refractivity contribution in [1.82, 2.24) is 20.2 Å². The number of carbonyl (C=O) groups excluding carboxylic acids is 1. The second-order valence-corrected chi connectivity index (χ2v) is 3.98. The fourth-order valence-corrected chi connectivity index (χ4v) is 1.47. The first kappa shape index (κ1) is 15.1. The Kier molecular flexibility index (Phi) is 4.96. The van der Waals surface area contributed by atoms with Gasteiger partial charge in [-0.2, -0.15) is 0 Å². The number of halogens is 1.